The zero-order valence-corrected chi connectivity index (χ0v) is 8.76. The molecule has 0 amide bonds. The normalized spacial score (nSPS) is 11.4. The molecule has 14 heavy (non-hydrogen) atoms. The zero-order valence-electron chi connectivity index (χ0n) is 7.19. The molecule has 2 N–H and O–H groups in total. The summed E-state index contributed by atoms with van der Waals surface area (Å²) < 4.78 is 27.3. The predicted molar refractivity (Wildman–Crippen MR) is 50.1 cm³/mol. The average Bonchev–Trinajstić information content (AvgIpc) is 2.18. The number of ether oxygens (including phenoxy) is 1. The molecule has 0 atom stereocenters. The number of benzene rings is 1. The number of methoxy groups -OCH3 is 1. The molecule has 0 bridgehead atoms. The maximum Gasteiger partial charge on any atom is 0.265 e. The molecule has 0 aliphatic carbocycles. The Hall–Kier alpha value is -0.820. The van der Waals surface area contributed by atoms with Crippen LogP contribution in [0.1, 0.15) is 0 Å². The van der Waals surface area contributed by atoms with E-state index >= 15 is 0 Å². The van der Waals surface area contributed by atoms with E-state index < -0.39 is 10.0 Å². The van der Waals surface area contributed by atoms with Gasteiger partial charge >= 0.3 is 0 Å². The van der Waals surface area contributed by atoms with Crippen LogP contribution in [0.15, 0.2) is 23.1 Å². The standard InChI is InChI=1S/C7H8ClNO4S/c1-13-6-3-2-5(8)4-7(6)14(11,12)9-10/h2-4,9-10H,1H3. The lowest BCUT2D eigenvalue weighted by atomic mass is 10.3. The number of rotatable bonds is 3. The highest BCUT2D eigenvalue weighted by molar-refractivity contribution is 7.89. The number of nitrogens with one attached hydrogen (secondary N) is 1. The Balaban J connectivity index is 3.39. The maximum absolute atomic E-state index is 11.2. The summed E-state index contributed by atoms with van der Waals surface area (Å²) >= 11 is 5.61. The molecule has 0 saturated carbocycles. The van der Waals surface area contributed by atoms with Gasteiger partial charge < -0.3 is 9.94 Å². The minimum Gasteiger partial charge on any atom is -0.495 e. The van der Waals surface area contributed by atoms with Gasteiger partial charge in [-0.25, -0.2) is 8.42 Å². The molecule has 1 rings (SSSR count). The minimum absolute atomic E-state index is 0.107. The molecular formula is C7H8ClNO4S. The first-order valence-corrected chi connectivity index (χ1v) is 5.37. The summed E-state index contributed by atoms with van der Waals surface area (Å²) in [5.41, 5.74) is 0. The molecule has 1 aromatic carbocycles. The Morgan fingerprint density at radius 1 is 1.50 bits per heavy atom. The molecule has 0 radical (unpaired) electrons. The number of halogens is 1. The van der Waals surface area contributed by atoms with E-state index in [4.69, 9.17) is 21.5 Å². The van der Waals surface area contributed by atoms with Crippen molar-refractivity contribution >= 4 is 21.6 Å². The third-order valence-corrected chi connectivity index (χ3v) is 2.91. The molecule has 0 saturated heterocycles. The summed E-state index contributed by atoms with van der Waals surface area (Å²) in [5.74, 6) is 0.107. The minimum atomic E-state index is -3.97. The van der Waals surface area contributed by atoms with Gasteiger partial charge in [0.15, 0.2) is 0 Å². The van der Waals surface area contributed by atoms with E-state index in [0.29, 0.717) is 0 Å². The second kappa shape index (κ2) is 4.14. The quantitative estimate of drug-likeness (QED) is 0.770. The second-order valence-corrected chi connectivity index (χ2v) is 4.46. The summed E-state index contributed by atoms with van der Waals surface area (Å²) in [6.45, 7) is 0. The van der Waals surface area contributed by atoms with Crippen molar-refractivity contribution in [1.82, 2.24) is 4.89 Å². The van der Waals surface area contributed by atoms with Crippen LogP contribution in [-0.4, -0.2) is 20.7 Å². The van der Waals surface area contributed by atoms with E-state index in [2.05, 4.69) is 0 Å². The third kappa shape index (κ3) is 2.16. The molecule has 78 valence electrons. The Morgan fingerprint density at radius 3 is 2.64 bits per heavy atom. The van der Waals surface area contributed by atoms with Gasteiger partial charge in [-0.15, -0.1) is 0 Å². The van der Waals surface area contributed by atoms with Crippen LogP contribution in [0.5, 0.6) is 5.75 Å². The molecule has 7 heteroatoms. The smallest absolute Gasteiger partial charge is 0.265 e. The van der Waals surface area contributed by atoms with Crippen LogP contribution in [0.2, 0.25) is 5.02 Å². The highest BCUT2D eigenvalue weighted by Gasteiger charge is 2.18. The first-order chi connectivity index (χ1) is 6.51. The van der Waals surface area contributed by atoms with Crippen LogP contribution >= 0.6 is 11.6 Å². The van der Waals surface area contributed by atoms with Crippen LogP contribution in [-0.2, 0) is 10.0 Å². The predicted octanol–water partition coefficient (Wildman–Crippen LogP) is 1.02. The molecule has 0 spiro atoms. The molecular weight excluding hydrogens is 230 g/mol. The van der Waals surface area contributed by atoms with Crippen molar-refractivity contribution in [3.63, 3.8) is 0 Å². The molecule has 0 aliphatic rings. The maximum atomic E-state index is 11.2. The summed E-state index contributed by atoms with van der Waals surface area (Å²) in [5, 5.41) is 8.66. The van der Waals surface area contributed by atoms with Gasteiger partial charge in [0.05, 0.1) is 7.11 Å². The Kier molecular flexibility index (Phi) is 3.33. The summed E-state index contributed by atoms with van der Waals surface area (Å²) in [6, 6.07) is 4.06. The fourth-order valence-corrected chi connectivity index (χ4v) is 1.94. The van der Waals surface area contributed by atoms with Gasteiger partial charge in [0.2, 0.25) is 0 Å². The van der Waals surface area contributed by atoms with Crippen molar-refractivity contribution < 1.29 is 18.4 Å². The molecule has 0 aliphatic heterocycles. The first kappa shape index (κ1) is 11.3. The molecule has 5 nitrogen and oxygen atoms in total. The Morgan fingerprint density at radius 2 is 2.14 bits per heavy atom. The van der Waals surface area contributed by atoms with E-state index in [1.807, 2.05) is 0 Å². The topological polar surface area (TPSA) is 75.6 Å². The molecule has 0 unspecified atom stereocenters. The van der Waals surface area contributed by atoms with Gasteiger partial charge in [0, 0.05) is 5.02 Å². The summed E-state index contributed by atoms with van der Waals surface area (Å²) in [6.07, 6.45) is 0. The van der Waals surface area contributed by atoms with Crippen molar-refractivity contribution in [3.8, 4) is 5.75 Å². The Labute approximate surface area is 86.3 Å². The van der Waals surface area contributed by atoms with Crippen molar-refractivity contribution in [1.29, 1.82) is 0 Å². The zero-order chi connectivity index (χ0) is 10.8. The molecule has 1 aromatic rings. The monoisotopic (exact) mass is 237 g/mol. The highest BCUT2D eigenvalue weighted by Crippen LogP contribution is 2.26. The van der Waals surface area contributed by atoms with Gasteiger partial charge in [-0.3, -0.25) is 0 Å². The van der Waals surface area contributed by atoms with Gasteiger partial charge in [-0.2, -0.15) is 0 Å². The number of hydrogen-bond acceptors (Lipinski definition) is 4. The fourth-order valence-electron chi connectivity index (χ4n) is 0.910. The van der Waals surface area contributed by atoms with Crippen molar-refractivity contribution in [2.75, 3.05) is 7.11 Å². The Bertz CT molecular complexity index is 431. The van der Waals surface area contributed by atoms with Crippen LogP contribution in [0.3, 0.4) is 0 Å². The molecule has 0 fully saturated rings. The summed E-state index contributed by atoms with van der Waals surface area (Å²) in [4.78, 5) is 0.980. The van der Waals surface area contributed by atoms with Crippen molar-refractivity contribution in [2.45, 2.75) is 4.90 Å². The van der Waals surface area contributed by atoms with Gasteiger partial charge in [0.25, 0.3) is 10.0 Å². The second-order valence-electron chi connectivity index (χ2n) is 2.39. The number of hydrogen-bond donors (Lipinski definition) is 2. The molecule has 0 aromatic heterocycles. The van der Waals surface area contributed by atoms with Gasteiger partial charge in [-0.1, -0.05) is 16.5 Å². The molecule has 0 heterocycles. The van der Waals surface area contributed by atoms with Crippen molar-refractivity contribution in [3.05, 3.63) is 23.2 Å². The number of sulfonamides is 1. The van der Waals surface area contributed by atoms with E-state index in [9.17, 15) is 8.42 Å². The highest BCUT2D eigenvalue weighted by atomic mass is 35.5. The van der Waals surface area contributed by atoms with Gasteiger partial charge in [0.1, 0.15) is 10.6 Å². The average molecular weight is 238 g/mol. The van der Waals surface area contributed by atoms with E-state index in [-0.39, 0.29) is 15.7 Å². The van der Waals surface area contributed by atoms with Gasteiger partial charge in [-0.05, 0) is 18.2 Å². The summed E-state index contributed by atoms with van der Waals surface area (Å²) in [7, 11) is -2.65. The van der Waals surface area contributed by atoms with E-state index in [1.165, 1.54) is 30.2 Å². The van der Waals surface area contributed by atoms with E-state index in [1.54, 1.807) is 0 Å². The van der Waals surface area contributed by atoms with Crippen LogP contribution in [0.25, 0.3) is 0 Å². The van der Waals surface area contributed by atoms with Crippen molar-refractivity contribution in [2.24, 2.45) is 0 Å². The lowest BCUT2D eigenvalue weighted by molar-refractivity contribution is 0.242. The van der Waals surface area contributed by atoms with Crippen LogP contribution in [0, 0.1) is 0 Å². The fraction of sp³-hybridized carbons (Fsp3) is 0.143. The van der Waals surface area contributed by atoms with E-state index in [0.717, 1.165) is 0 Å². The lowest BCUT2D eigenvalue weighted by Gasteiger charge is -2.07. The SMILES string of the molecule is COc1ccc(Cl)cc1S(=O)(=O)NO. The first-order valence-electron chi connectivity index (χ1n) is 3.50. The van der Waals surface area contributed by atoms with Crippen LogP contribution in [0.4, 0.5) is 0 Å². The lowest BCUT2D eigenvalue weighted by Crippen LogP contribution is -2.20. The largest absolute Gasteiger partial charge is 0.495 e. The third-order valence-electron chi connectivity index (χ3n) is 1.54. The van der Waals surface area contributed by atoms with Crippen LogP contribution < -0.4 is 9.62 Å².